The number of aryl methyl sites for hydroxylation is 2. The van der Waals surface area contributed by atoms with Crippen LogP contribution in [0.5, 0.6) is 11.5 Å². The van der Waals surface area contributed by atoms with Gasteiger partial charge in [-0.1, -0.05) is 30.3 Å². The fourth-order valence-electron chi connectivity index (χ4n) is 2.17. The minimum atomic E-state index is -1.04. The van der Waals surface area contributed by atoms with Crippen LogP contribution in [0.3, 0.4) is 0 Å². The van der Waals surface area contributed by atoms with Crippen molar-refractivity contribution in [3.8, 4) is 11.5 Å². The van der Waals surface area contributed by atoms with Gasteiger partial charge in [0.05, 0.1) is 7.11 Å². The minimum absolute atomic E-state index is 0.421. The molecule has 2 aromatic rings. The van der Waals surface area contributed by atoms with Gasteiger partial charge in [0.1, 0.15) is 6.10 Å². The van der Waals surface area contributed by atoms with E-state index in [1.54, 1.807) is 30.3 Å². The van der Waals surface area contributed by atoms with Crippen molar-refractivity contribution < 1.29 is 19.4 Å². The summed E-state index contributed by atoms with van der Waals surface area (Å²) >= 11 is 0. The van der Waals surface area contributed by atoms with Crippen LogP contribution in [0.25, 0.3) is 0 Å². The maximum Gasteiger partial charge on any atom is 0.184 e. The van der Waals surface area contributed by atoms with Crippen LogP contribution in [0.2, 0.25) is 0 Å². The normalized spacial score (nSPS) is 13.3. The van der Waals surface area contributed by atoms with Gasteiger partial charge in [0.25, 0.3) is 0 Å². The monoisotopic (exact) mass is 300 g/mol. The Morgan fingerprint density at radius 3 is 2.32 bits per heavy atom. The average molecular weight is 300 g/mol. The SMILES string of the molecule is COc1ccccc1OC(C=O)C(O)c1ccc(C)c(C)c1. The smallest absolute Gasteiger partial charge is 0.184 e. The highest BCUT2D eigenvalue weighted by atomic mass is 16.5. The summed E-state index contributed by atoms with van der Waals surface area (Å²) in [4.78, 5) is 11.3. The highest BCUT2D eigenvalue weighted by Gasteiger charge is 2.23. The number of aliphatic hydroxyl groups excluding tert-OH is 1. The Hall–Kier alpha value is -2.33. The van der Waals surface area contributed by atoms with E-state index < -0.39 is 12.2 Å². The van der Waals surface area contributed by atoms with E-state index in [4.69, 9.17) is 9.47 Å². The molecule has 0 heterocycles. The highest BCUT2D eigenvalue weighted by Crippen LogP contribution is 2.29. The lowest BCUT2D eigenvalue weighted by Gasteiger charge is -2.21. The second-order valence-electron chi connectivity index (χ2n) is 5.16. The minimum Gasteiger partial charge on any atom is -0.493 e. The van der Waals surface area contributed by atoms with Crippen LogP contribution in [-0.4, -0.2) is 24.6 Å². The summed E-state index contributed by atoms with van der Waals surface area (Å²) in [6.45, 7) is 3.95. The molecule has 2 atom stereocenters. The van der Waals surface area contributed by atoms with Crippen molar-refractivity contribution in [3.05, 3.63) is 59.2 Å². The molecule has 0 spiro atoms. The molecule has 0 aliphatic carbocycles. The highest BCUT2D eigenvalue weighted by molar-refractivity contribution is 5.59. The molecular formula is C18H20O4. The zero-order valence-corrected chi connectivity index (χ0v) is 12.9. The summed E-state index contributed by atoms with van der Waals surface area (Å²) in [6, 6.07) is 12.6. The van der Waals surface area contributed by atoms with Crippen molar-refractivity contribution in [2.45, 2.75) is 26.1 Å². The van der Waals surface area contributed by atoms with E-state index in [-0.39, 0.29) is 0 Å². The van der Waals surface area contributed by atoms with Crippen LogP contribution >= 0.6 is 0 Å². The van der Waals surface area contributed by atoms with Crippen LogP contribution < -0.4 is 9.47 Å². The Balaban J connectivity index is 2.23. The molecule has 1 N–H and O–H groups in total. The molecule has 0 fully saturated rings. The van der Waals surface area contributed by atoms with Gasteiger partial charge in [-0.05, 0) is 42.7 Å². The fraction of sp³-hybridized carbons (Fsp3) is 0.278. The van der Waals surface area contributed by atoms with Crippen LogP contribution in [0.1, 0.15) is 22.8 Å². The van der Waals surface area contributed by atoms with Crippen molar-refractivity contribution in [2.75, 3.05) is 7.11 Å². The maximum atomic E-state index is 11.3. The summed E-state index contributed by atoms with van der Waals surface area (Å²) in [6.07, 6.45) is -1.44. The summed E-state index contributed by atoms with van der Waals surface area (Å²) < 4.78 is 10.8. The lowest BCUT2D eigenvalue weighted by atomic mass is 10.00. The molecule has 0 radical (unpaired) electrons. The molecule has 0 aromatic heterocycles. The van der Waals surface area contributed by atoms with Gasteiger partial charge in [-0.15, -0.1) is 0 Å². The zero-order valence-electron chi connectivity index (χ0n) is 12.9. The Morgan fingerprint density at radius 1 is 1.05 bits per heavy atom. The van der Waals surface area contributed by atoms with E-state index >= 15 is 0 Å². The van der Waals surface area contributed by atoms with Gasteiger partial charge in [0, 0.05) is 0 Å². The standard InChI is InChI=1S/C18H20O4/c1-12-8-9-14(10-13(12)2)18(20)17(11-19)22-16-7-5-4-6-15(16)21-3/h4-11,17-18,20H,1-3H3. The molecule has 0 bridgehead atoms. The van der Waals surface area contributed by atoms with E-state index in [2.05, 4.69) is 0 Å². The molecule has 2 aromatic carbocycles. The molecule has 0 saturated heterocycles. The number of ether oxygens (including phenoxy) is 2. The summed E-state index contributed by atoms with van der Waals surface area (Å²) in [5.74, 6) is 0.937. The quantitative estimate of drug-likeness (QED) is 0.833. The molecule has 2 unspecified atom stereocenters. The van der Waals surface area contributed by atoms with E-state index in [1.165, 1.54) is 7.11 Å². The number of hydrogen-bond donors (Lipinski definition) is 1. The second kappa shape index (κ2) is 7.09. The summed E-state index contributed by atoms with van der Waals surface area (Å²) in [5, 5.41) is 10.4. The molecule has 0 saturated carbocycles. The largest absolute Gasteiger partial charge is 0.493 e. The number of carbonyl (C=O) groups excluding carboxylic acids is 1. The second-order valence-corrected chi connectivity index (χ2v) is 5.16. The number of aliphatic hydroxyl groups is 1. The third-order valence-electron chi connectivity index (χ3n) is 3.65. The molecule has 22 heavy (non-hydrogen) atoms. The van der Waals surface area contributed by atoms with Gasteiger partial charge < -0.3 is 14.6 Å². The van der Waals surface area contributed by atoms with Crippen LogP contribution in [0.4, 0.5) is 0 Å². The van der Waals surface area contributed by atoms with Gasteiger partial charge >= 0.3 is 0 Å². The third-order valence-corrected chi connectivity index (χ3v) is 3.65. The first kappa shape index (κ1) is 16.0. The van der Waals surface area contributed by atoms with E-state index in [0.29, 0.717) is 23.3 Å². The van der Waals surface area contributed by atoms with Crippen molar-refractivity contribution in [3.63, 3.8) is 0 Å². The molecule has 0 aliphatic heterocycles. The first-order chi connectivity index (χ1) is 10.6. The predicted octanol–water partition coefficient (Wildman–Crippen LogP) is 2.99. The van der Waals surface area contributed by atoms with Crippen molar-refractivity contribution in [1.29, 1.82) is 0 Å². The first-order valence-corrected chi connectivity index (χ1v) is 7.07. The molecule has 2 rings (SSSR count). The number of para-hydroxylation sites is 2. The number of hydrogen-bond acceptors (Lipinski definition) is 4. The maximum absolute atomic E-state index is 11.3. The van der Waals surface area contributed by atoms with Crippen molar-refractivity contribution in [2.24, 2.45) is 0 Å². The topological polar surface area (TPSA) is 55.8 Å². The zero-order chi connectivity index (χ0) is 16.1. The lowest BCUT2D eigenvalue weighted by Crippen LogP contribution is -2.27. The number of benzene rings is 2. The van der Waals surface area contributed by atoms with Gasteiger partial charge in [-0.25, -0.2) is 0 Å². The van der Waals surface area contributed by atoms with E-state index in [1.807, 2.05) is 26.0 Å². The molecule has 4 heteroatoms. The van der Waals surface area contributed by atoms with Crippen LogP contribution in [0.15, 0.2) is 42.5 Å². The Labute approximate surface area is 130 Å². The number of rotatable bonds is 6. The summed E-state index contributed by atoms with van der Waals surface area (Å²) in [7, 11) is 1.53. The summed E-state index contributed by atoms with van der Waals surface area (Å²) in [5.41, 5.74) is 2.83. The fourth-order valence-corrected chi connectivity index (χ4v) is 2.17. The molecule has 0 amide bonds. The first-order valence-electron chi connectivity index (χ1n) is 7.07. The van der Waals surface area contributed by atoms with Crippen molar-refractivity contribution >= 4 is 6.29 Å². The molecule has 0 aliphatic rings. The average Bonchev–Trinajstić information content (AvgIpc) is 2.54. The van der Waals surface area contributed by atoms with Crippen LogP contribution in [0, 0.1) is 13.8 Å². The molecule has 116 valence electrons. The third kappa shape index (κ3) is 3.46. The van der Waals surface area contributed by atoms with Gasteiger partial charge in [0.15, 0.2) is 23.9 Å². The number of carbonyl (C=O) groups is 1. The molecule has 4 nitrogen and oxygen atoms in total. The Morgan fingerprint density at radius 2 is 1.73 bits per heavy atom. The van der Waals surface area contributed by atoms with E-state index in [0.717, 1.165) is 11.1 Å². The van der Waals surface area contributed by atoms with Gasteiger partial charge in [-0.2, -0.15) is 0 Å². The van der Waals surface area contributed by atoms with Crippen molar-refractivity contribution in [1.82, 2.24) is 0 Å². The Bertz CT molecular complexity index is 651. The van der Waals surface area contributed by atoms with Gasteiger partial charge in [0.2, 0.25) is 0 Å². The number of methoxy groups -OCH3 is 1. The number of aldehydes is 1. The van der Waals surface area contributed by atoms with Crippen LogP contribution in [-0.2, 0) is 4.79 Å². The van der Waals surface area contributed by atoms with E-state index in [9.17, 15) is 9.90 Å². The van der Waals surface area contributed by atoms with Gasteiger partial charge in [-0.3, -0.25) is 4.79 Å². The lowest BCUT2D eigenvalue weighted by molar-refractivity contribution is -0.118. The Kier molecular flexibility index (Phi) is 5.17. The molecular weight excluding hydrogens is 280 g/mol. The predicted molar refractivity (Wildman–Crippen MR) is 84.3 cm³/mol.